The second kappa shape index (κ2) is 7.05. The molecular formula is C18H26N2O4S. The lowest BCUT2D eigenvalue weighted by atomic mass is 10.1. The van der Waals surface area contributed by atoms with Crippen LogP contribution in [0.2, 0.25) is 0 Å². The standard InChI is InChI=1S/C18H26N2O4S/c1-12-8-16(19-14(3)21)9-13(2)18(12)25(22,23)20(17-4-5-17)10-15-6-7-24-11-15/h8-9,15,17H,4-7,10-11H2,1-3H3,(H,19,21)/t15-/m1/s1. The number of carbonyl (C=O) groups excluding carboxylic acids is 1. The van der Waals surface area contributed by atoms with Crippen molar-refractivity contribution in [3.8, 4) is 0 Å². The van der Waals surface area contributed by atoms with Crippen LogP contribution >= 0.6 is 0 Å². The lowest BCUT2D eigenvalue weighted by molar-refractivity contribution is -0.114. The van der Waals surface area contributed by atoms with E-state index in [-0.39, 0.29) is 17.9 Å². The number of carbonyl (C=O) groups is 1. The average molecular weight is 366 g/mol. The Kier molecular flexibility index (Phi) is 5.18. The van der Waals surface area contributed by atoms with E-state index in [9.17, 15) is 13.2 Å². The minimum atomic E-state index is -3.57. The van der Waals surface area contributed by atoms with Crippen LogP contribution in [0.1, 0.15) is 37.3 Å². The topological polar surface area (TPSA) is 75.7 Å². The molecule has 1 aromatic carbocycles. The van der Waals surface area contributed by atoms with E-state index in [2.05, 4.69) is 5.32 Å². The number of amides is 1. The maximum atomic E-state index is 13.4. The molecule has 7 heteroatoms. The molecule has 1 aromatic rings. The molecular weight excluding hydrogens is 340 g/mol. The Labute approximate surface area is 149 Å². The lowest BCUT2D eigenvalue weighted by Crippen LogP contribution is -2.38. The van der Waals surface area contributed by atoms with E-state index >= 15 is 0 Å². The van der Waals surface area contributed by atoms with Gasteiger partial charge < -0.3 is 10.1 Å². The predicted molar refractivity (Wildman–Crippen MR) is 96.1 cm³/mol. The Morgan fingerprint density at radius 3 is 2.36 bits per heavy atom. The first kappa shape index (κ1) is 18.4. The first-order valence-electron chi connectivity index (χ1n) is 8.77. The molecule has 3 rings (SSSR count). The molecule has 1 saturated heterocycles. The fourth-order valence-corrected chi connectivity index (χ4v) is 5.71. The van der Waals surface area contributed by atoms with Gasteiger partial charge in [0.2, 0.25) is 15.9 Å². The number of hydrogen-bond donors (Lipinski definition) is 1. The van der Waals surface area contributed by atoms with Gasteiger partial charge >= 0.3 is 0 Å². The summed E-state index contributed by atoms with van der Waals surface area (Å²) < 4.78 is 33.8. The molecule has 2 fully saturated rings. The lowest BCUT2D eigenvalue weighted by Gasteiger charge is -2.26. The molecule has 0 radical (unpaired) electrons. The highest BCUT2D eigenvalue weighted by Gasteiger charge is 2.40. The molecule has 6 nitrogen and oxygen atoms in total. The highest BCUT2D eigenvalue weighted by Crippen LogP contribution is 2.36. The number of anilines is 1. The van der Waals surface area contributed by atoms with Crippen LogP contribution in [-0.2, 0) is 19.6 Å². The molecule has 1 amide bonds. The number of sulfonamides is 1. The van der Waals surface area contributed by atoms with E-state index in [0.717, 1.165) is 19.3 Å². The Bertz CT molecular complexity index is 742. The number of ether oxygens (including phenoxy) is 1. The highest BCUT2D eigenvalue weighted by atomic mass is 32.2. The van der Waals surface area contributed by atoms with Crippen molar-refractivity contribution in [1.29, 1.82) is 0 Å². The molecule has 1 heterocycles. The van der Waals surface area contributed by atoms with E-state index in [1.54, 1.807) is 30.3 Å². The molecule has 138 valence electrons. The summed E-state index contributed by atoms with van der Waals surface area (Å²) in [4.78, 5) is 11.6. The molecule has 1 aliphatic carbocycles. The summed E-state index contributed by atoms with van der Waals surface area (Å²) in [5.74, 6) is 0.102. The fourth-order valence-electron chi connectivity index (χ4n) is 3.54. The van der Waals surface area contributed by atoms with Crippen molar-refractivity contribution in [1.82, 2.24) is 4.31 Å². The van der Waals surface area contributed by atoms with E-state index < -0.39 is 10.0 Å². The molecule has 0 spiro atoms. The van der Waals surface area contributed by atoms with Crippen LogP contribution in [0.25, 0.3) is 0 Å². The second-order valence-electron chi connectivity index (χ2n) is 7.16. The maximum Gasteiger partial charge on any atom is 0.243 e. The largest absolute Gasteiger partial charge is 0.381 e. The van der Waals surface area contributed by atoms with E-state index in [1.807, 2.05) is 0 Å². The van der Waals surface area contributed by atoms with Crippen LogP contribution in [-0.4, -0.2) is 44.4 Å². The minimum Gasteiger partial charge on any atom is -0.381 e. The molecule has 1 N–H and O–H groups in total. The summed E-state index contributed by atoms with van der Waals surface area (Å²) in [5, 5.41) is 2.72. The van der Waals surface area contributed by atoms with Gasteiger partial charge in [0.1, 0.15) is 0 Å². The smallest absolute Gasteiger partial charge is 0.243 e. The van der Waals surface area contributed by atoms with Gasteiger partial charge in [-0.2, -0.15) is 4.31 Å². The third kappa shape index (κ3) is 4.04. The summed E-state index contributed by atoms with van der Waals surface area (Å²) in [6.07, 6.45) is 2.77. The van der Waals surface area contributed by atoms with Crippen molar-refractivity contribution in [2.45, 2.75) is 51.0 Å². The van der Waals surface area contributed by atoms with Gasteiger partial charge in [0.15, 0.2) is 0 Å². The monoisotopic (exact) mass is 366 g/mol. The number of aryl methyl sites for hydroxylation is 2. The van der Waals surface area contributed by atoms with Crippen LogP contribution in [0.15, 0.2) is 17.0 Å². The summed E-state index contributed by atoms with van der Waals surface area (Å²) in [6, 6.07) is 3.57. The van der Waals surface area contributed by atoms with Gasteiger partial charge in [0.05, 0.1) is 11.5 Å². The zero-order valence-electron chi connectivity index (χ0n) is 15.0. The molecule has 25 heavy (non-hydrogen) atoms. The number of rotatable bonds is 6. The average Bonchev–Trinajstić information content (AvgIpc) is 3.18. The van der Waals surface area contributed by atoms with Crippen LogP contribution in [0.3, 0.4) is 0 Å². The van der Waals surface area contributed by atoms with Gasteiger partial charge in [0.25, 0.3) is 0 Å². The Balaban J connectivity index is 1.93. The summed E-state index contributed by atoms with van der Waals surface area (Å²) in [5.41, 5.74) is 1.96. The van der Waals surface area contributed by atoms with Crippen molar-refractivity contribution >= 4 is 21.6 Å². The number of nitrogens with one attached hydrogen (secondary N) is 1. The highest BCUT2D eigenvalue weighted by molar-refractivity contribution is 7.89. The van der Waals surface area contributed by atoms with Gasteiger partial charge in [-0.15, -0.1) is 0 Å². The van der Waals surface area contributed by atoms with Crippen LogP contribution in [0, 0.1) is 19.8 Å². The number of hydrogen-bond acceptors (Lipinski definition) is 4. The quantitative estimate of drug-likeness (QED) is 0.839. The minimum absolute atomic E-state index is 0.111. The normalized spacial score (nSPS) is 20.9. The molecule has 0 aromatic heterocycles. The van der Waals surface area contributed by atoms with E-state index in [0.29, 0.717) is 41.5 Å². The molecule has 1 atom stereocenters. The Hall–Kier alpha value is -1.44. The molecule has 0 bridgehead atoms. The summed E-state index contributed by atoms with van der Waals surface area (Å²) in [6.45, 7) is 6.89. The third-order valence-electron chi connectivity index (χ3n) is 4.76. The molecule has 1 aliphatic heterocycles. The number of benzene rings is 1. The van der Waals surface area contributed by atoms with Gasteiger partial charge in [-0.05, 0) is 62.3 Å². The van der Waals surface area contributed by atoms with Gasteiger partial charge in [-0.3, -0.25) is 4.79 Å². The predicted octanol–water partition coefficient (Wildman–Crippen LogP) is 2.45. The zero-order chi connectivity index (χ0) is 18.2. The van der Waals surface area contributed by atoms with Gasteiger partial charge in [-0.25, -0.2) is 8.42 Å². The zero-order valence-corrected chi connectivity index (χ0v) is 15.9. The van der Waals surface area contributed by atoms with Crippen molar-refractivity contribution in [3.63, 3.8) is 0 Å². The van der Waals surface area contributed by atoms with Crippen LogP contribution in [0.4, 0.5) is 5.69 Å². The van der Waals surface area contributed by atoms with Gasteiger partial charge in [0, 0.05) is 31.8 Å². The SMILES string of the molecule is CC(=O)Nc1cc(C)c(S(=O)(=O)N(C[C@H]2CCOC2)C2CC2)c(C)c1. The first-order chi connectivity index (χ1) is 11.8. The number of nitrogens with zero attached hydrogens (tertiary/aromatic N) is 1. The van der Waals surface area contributed by atoms with Crippen LogP contribution < -0.4 is 5.32 Å². The van der Waals surface area contributed by atoms with Crippen molar-refractivity contribution in [2.75, 3.05) is 25.1 Å². The van der Waals surface area contributed by atoms with Crippen molar-refractivity contribution in [2.24, 2.45) is 5.92 Å². The third-order valence-corrected chi connectivity index (χ3v) is 6.99. The summed E-state index contributed by atoms with van der Waals surface area (Å²) in [7, 11) is -3.57. The molecule has 2 aliphatic rings. The fraction of sp³-hybridized carbons (Fsp3) is 0.611. The molecule has 1 saturated carbocycles. The van der Waals surface area contributed by atoms with Gasteiger partial charge in [-0.1, -0.05) is 0 Å². The molecule has 0 unspecified atom stereocenters. The Morgan fingerprint density at radius 2 is 1.88 bits per heavy atom. The maximum absolute atomic E-state index is 13.4. The van der Waals surface area contributed by atoms with Crippen molar-refractivity contribution in [3.05, 3.63) is 23.3 Å². The van der Waals surface area contributed by atoms with E-state index in [1.165, 1.54) is 6.92 Å². The Morgan fingerprint density at radius 1 is 1.24 bits per heavy atom. The van der Waals surface area contributed by atoms with E-state index in [4.69, 9.17) is 4.74 Å². The summed E-state index contributed by atoms with van der Waals surface area (Å²) >= 11 is 0. The van der Waals surface area contributed by atoms with Crippen LogP contribution in [0.5, 0.6) is 0 Å². The van der Waals surface area contributed by atoms with Crippen molar-refractivity contribution < 1.29 is 17.9 Å². The first-order valence-corrected chi connectivity index (χ1v) is 10.2. The second-order valence-corrected chi connectivity index (χ2v) is 8.98.